The monoisotopic (exact) mass is 279 g/mol. The highest BCUT2D eigenvalue weighted by Gasteiger charge is 2.35. The maximum Gasteiger partial charge on any atom is 0.225 e. The van der Waals surface area contributed by atoms with Crippen molar-refractivity contribution in [2.45, 2.75) is 51.0 Å². The number of nitrogens with two attached hydrogens (primary N) is 1. The van der Waals surface area contributed by atoms with Crippen LogP contribution in [0.4, 0.5) is 0 Å². The van der Waals surface area contributed by atoms with Gasteiger partial charge in [0.05, 0.1) is 0 Å². The van der Waals surface area contributed by atoms with Crippen molar-refractivity contribution in [1.29, 1.82) is 0 Å². The largest absolute Gasteiger partial charge is 0.341 e. The highest BCUT2D eigenvalue weighted by molar-refractivity contribution is 5.79. The predicted octanol–water partition coefficient (Wildman–Crippen LogP) is 1.45. The Bertz CT molecular complexity index is 341. The van der Waals surface area contributed by atoms with Crippen molar-refractivity contribution in [2.24, 2.45) is 17.6 Å². The Labute approximate surface area is 122 Å². The average Bonchev–Trinajstić information content (AvgIpc) is 3.17. The molecule has 0 aromatic rings. The molecular weight excluding hydrogens is 250 g/mol. The molecule has 4 heteroatoms. The van der Waals surface area contributed by atoms with Gasteiger partial charge in [-0.3, -0.25) is 9.69 Å². The third-order valence-corrected chi connectivity index (χ3v) is 5.60. The van der Waals surface area contributed by atoms with Crippen LogP contribution in [0.3, 0.4) is 0 Å². The fourth-order valence-electron chi connectivity index (χ4n) is 4.33. The third kappa shape index (κ3) is 3.01. The Morgan fingerprint density at radius 2 is 1.85 bits per heavy atom. The molecule has 3 unspecified atom stereocenters. The van der Waals surface area contributed by atoms with Crippen molar-refractivity contribution in [1.82, 2.24) is 9.80 Å². The van der Waals surface area contributed by atoms with E-state index in [-0.39, 0.29) is 5.92 Å². The zero-order valence-corrected chi connectivity index (χ0v) is 12.6. The van der Waals surface area contributed by atoms with E-state index in [1.54, 1.807) is 0 Å². The van der Waals surface area contributed by atoms with E-state index in [9.17, 15) is 4.79 Å². The molecule has 3 rings (SSSR count). The molecule has 1 aliphatic carbocycles. The minimum absolute atomic E-state index is 0.259. The smallest absolute Gasteiger partial charge is 0.225 e. The van der Waals surface area contributed by atoms with Gasteiger partial charge in [-0.1, -0.05) is 6.42 Å². The lowest BCUT2D eigenvalue weighted by Gasteiger charge is -2.31. The zero-order valence-electron chi connectivity index (χ0n) is 12.6. The first-order chi connectivity index (χ1) is 9.78. The van der Waals surface area contributed by atoms with Crippen LogP contribution < -0.4 is 5.73 Å². The van der Waals surface area contributed by atoms with Gasteiger partial charge < -0.3 is 10.6 Å². The summed E-state index contributed by atoms with van der Waals surface area (Å²) in [6.45, 7) is 5.18. The number of hydrogen-bond acceptors (Lipinski definition) is 3. The van der Waals surface area contributed by atoms with Crippen LogP contribution in [-0.4, -0.2) is 54.5 Å². The molecule has 3 aliphatic rings. The zero-order chi connectivity index (χ0) is 13.9. The number of amides is 1. The lowest BCUT2D eigenvalue weighted by molar-refractivity contribution is -0.136. The fourth-order valence-corrected chi connectivity index (χ4v) is 4.33. The molecule has 0 spiro atoms. The molecule has 1 amide bonds. The molecule has 3 fully saturated rings. The van der Waals surface area contributed by atoms with E-state index in [1.165, 1.54) is 45.2 Å². The molecule has 20 heavy (non-hydrogen) atoms. The highest BCUT2D eigenvalue weighted by Crippen LogP contribution is 2.31. The summed E-state index contributed by atoms with van der Waals surface area (Å²) in [4.78, 5) is 17.4. The van der Waals surface area contributed by atoms with Gasteiger partial charge in [0, 0.05) is 25.0 Å². The SMILES string of the molecule is NCC1CCCC(C(=O)N2CCC(N3CCCC3)C2)C1. The first-order valence-corrected chi connectivity index (χ1v) is 8.51. The summed E-state index contributed by atoms with van der Waals surface area (Å²) in [5, 5.41) is 0. The minimum Gasteiger partial charge on any atom is -0.341 e. The van der Waals surface area contributed by atoms with Crippen molar-refractivity contribution in [3.8, 4) is 0 Å². The van der Waals surface area contributed by atoms with Crippen molar-refractivity contribution in [3.63, 3.8) is 0 Å². The molecule has 0 aromatic heterocycles. The molecule has 114 valence electrons. The van der Waals surface area contributed by atoms with Gasteiger partial charge >= 0.3 is 0 Å². The van der Waals surface area contributed by atoms with Crippen LogP contribution in [0.25, 0.3) is 0 Å². The van der Waals surface area contributed by atoms with Crippen molar-refractivity contribution in [3.05, 3.63) is 0 Å². The van der Waals surface area contributed by atoms with Gasteiger partial charge in [0.2, 0.25) is 5.91 Å². The second-order valence-corrected chi connectivity index (χ2v) is 6.94. The third-order valence-electron chi connectivity index (χ3n) is 5.60. The molecule has 2 N–H and O–H groups in total. The maximum atomic E-state index is 12.7. The van der Waals surface area contributed by atoms with Crippen LogP contribution in [0.2, 0.25) is 0 Å². The Hall–Kier alpha value is -0.610. The Morgan fingerprint density at radius 3 is 2.60 bits per heavy atom. The molecule has 2 heterocycles. The van der Waals surface area contributed by atoms with Gasteiger partial charge in [0.15, 0.2) is 0 Å². The van der Waals surface area contributed by atoms with E-state index in [2.05, 4.69) is 9.80 Å². The van der Waals surface area contributed by atoms with Crippen LogP contribution in [0.15, 0.2) is 0 Å². The summed E-state index contributed by atoms with van der Waals surface area (Å²) in [5.74, 6) is 1.26. The van der Waals surface area contributed by atoms with Crippen molar-refractivity contribution < 1.29 is 4.79 Å². The van der Waals surface area contributed by atoms with E-state index in [0.29, 0.717) is 17.9 Å². The molecule has 0 bridgehead atoms. The molecule has 0 radical (unpaired) electrons. The Balaban J connectivity index is 1.52. The van der Waals surface area contributed by atoms with E-state index in [4.69, 9.17) is 5.73 Å². The summed E-state index contributed by atoms with van der Waals surface area (Å²) >= 11 is 0. The lowest BCUT2D eigenvalue weighted by Crippen LogP contribution is -2.40. The molecule has 3 atom stereocenters. The summed E-state index contributed by atoms with van der Waals surface area (Å²) in [6, 6.07) is 0.635. The minimum atomic E-state index is 0.259. The van der Waals surface area contributed by atoms with Crippen LogP contribution in [0.5, 0.6) is 0 Å². The normalized spacial score (nSPS) is 35.6. The first-order valence-electron chi connectivity index (χ1n) is 8.51. The van der Waals surface area contributed by atoms with E-state index < -0.39 is 0 Å². The van der Waals surface area contributed by atoms with E-state index in [1.807, 2.05) is 0 Å². The van der Waals surface area contributed by atoms with Crippen LogP contribution >= 0.6 is 0 Å². The van der Waals surface area contributed by atoms with Gasteiger partial charge in [0.25, 0.3) is 0 Å². The lowest BCUT2D eigenvalue weighted by atomic mass is 9.81. The second-order valence-electron chi connectivity index (χ2n) is 6.94. The highest BCUT2D eigenvalue weighted by atomic mass is 16.2. The average molecular weight is 279 g/mol. The van der Waals surface area contributed by atoms with Gasteiger partial charge in [-0.15, -0.1) is 0 Å². The molecule has 4 nitrogen and oxygen atoms in total. The summed E-state index contributed by atoms with van der Waals surface area (Å²) < 4.78 is 0. The predicted molar refractivity (Wildman–Crippen MR) is 80.3 cm³/mol. The van der Waals surface area contributed by atoms with Crippen LogP contribution in [-0.2, 0) is 4.79 Å². The summed E-state index contributed by atoms with van der Waals surface area (Å²) in [6.07, 6.45) is 8.37. The quantitative estimate of drug-likeness (QED) is 0.850. The second kappa shape index (κ2) is 6.44. The van der Waals surface area contributed by atoms with E-state index >= 15 is 0 Å². The standard InChI is InChI=1S/C16H29N3O/c17-11-13-4-3-5-14(10-13)16(20)19-9-6-15(12-19)18-7-1-2-8-18/h13-15H,1-12,17H2. The Kier molecular flexibility index (Phi) is 4.61. The summed E-state index contributed by atoms with van der Waals surface area (Å²) in [5.41, 5.74) is 5.79. The van der Waals surface area contributed by atoms with Crippen LogP contribution in [0, 0.1) is 11.8 Å². The van der Waals surface area contributed by atoms with Crippen molar-refractivity contribution in [2.75, 3.05) is 32.7 Å². The molecule has 2 saturated heterocycles. The van der Waals surface area contributed by atoms with Gasteiger partial charge in [0.1, 0.15) is 0 Å². The number of carbonyl (C=O) groups excluding carboxylic acids is 1. The number of hydrogen-bond donors (Lipinski definition) is 1. The van der Waals surface area contributed by atoms with E-state index in [0.717, 1.165) is 32.5 Å². The first kappa shape index (κ1) is 14.3. The topological polar surface area (TPSA) is 49.6 Å². The van der Waals surface area contributed by atoms with Gasteiger partial charge in [-0.2, -0.15) is 0 Å². The molecule has 2 aliphatic heterocycles. The van der Waals surface area contributed by atoms with Crippen LogP contribution in [0.1, 0.15) is 44.9 Å². The van der Waals surface area contributed by atoms with Crippen molar-refractivity contribution >= 4 is 5.91 Å². The Morgan fingerprint density at radius 1 is 1.05 bits per heavy atom. The number of rotatable bonds is 3. The molecule has 0 aromatic carbocycles. The van der Waals surface area contributed by atoms with Gasteiger partial charge in [-0.05, 0) is 64.1 Å². The number of carbonyl (C=O) groups is 1. The maximum absolute atomic E-state index is 12.7. The number of likely N-dealkylation sites (tertiary alicyclic amines) is 2. The van der Waals surface area contributed by atoms with Gasteiger partial charge in [-0.25, -0.2) is 0 Å². The molecular formula is C16H29N3O. The molecule has 1 saturated carbocycles. The fraction of sp³-hybridized carbons (Fsp3) is 0.938. The number of nitrogens with zero attached hydrogens (tertiary/aromatic N) is 2. The summed E-state index contributed by atoms with van der Waals surface area (Å²) in [7, 11) is 0.